The molecule has 3 aromatic rings. The molecular weight excluding hydrogens is 414 g/mol. The van der Waals surface area contributed by atoms with E-state index in [1.54, 1.807) is 6.26 Å². The second-order valence-electron chi connectivity index (χ2n) is 8.46. The van der Waals surface area contributed by atoms with Crippen LogP contribution in [0.2, 0.25) is 0 Å². The van der Waals surface area contributed by atoms with Gasteiger partial charge in [0.2, 0.25) is 0 Å². The van der Waals surface area contributed by atoms with Gasteiger partial charge in [-0.3, -0.25) is 4.99 Å². The van der Waals surface area contributed by atoms with E-state index in [9.17, 15) is 0 Å². The first-order valence-corrected chi connectivity index (χ1v) is 12.0. The minimum Gasteiger partial charge on any atom is -0.469 e. The first-order valence-electron chi connectivity index (χ1n) is 12.0. The second kappa shape index (κ2) is 11.5. The maximum absolute atomic E-state index is 5.46. The van der Waals surface area contributed by atoms with Crippen LogP contribution in [0.1, 0.15) is 37.2 Å². The summed E-state index contributed by atoms with van der Waals surface area (Å²) in [4.78, 5) is 11.8. The van der Waals surface area contributed by atoms with Crippen molar-refractivity contribution in [2.24, 2.45) is 4.99 Å². The lowest BCUT2D eigenvalue weighted by Gasteiger charge is -2.25. The van der Waals surface area contributed by atoms with Crippen LogP contribution in [0.5, 0.6) is 0 Å². The molecule has 1 unspecified atom stereocenters. The van der Waals surface area contributed by atoms with Gasteiger partial charge in [0.15, 0.2) is 11.8 Å². The summed E-state index contributed by atoms with van der Waals surface area (Å²) < 4.78 is 7.51. The summed E-state index contributed by atoms with van der Waals surface area (Å²) in [6, 6.07) is 14.7. The smallest absolute Gasteiger partial charge is 0.191 e. The Morgan fingerprint density at radius 2 is 2.12 bits per heavy atom. The van der Waals surface area contributed by atoms with Crippen LogP contribution in [0.4, 0.5) is 5.69 Å². The van der Waals surface area contributed by atoms with Crippen LogP contribution in [0, 0.1) is 0 Å². The van der Waals surface area contributed by atoms with Crippen molar-refractivity contribution >= 4 is 11.6 Å². The number of guanidine groups is 1. The number of rotatable bonds is 10. The van der Waals surface area contributed by atoms with Crippen molar-refractivity contribution in [1.29, 1.82) is 0 Å². The number of hydrogen-bond acceptors (Lipinski definition) is 5. The van der Waals surface area contributed by atoms with E-state index in [-0.39, 0.29) is 6.04 Å². The molecule has 1 aliphatic rings. The maximum atomic E-state index is 5.46. The molecule has 0 saturated carbocycles. The van der Waals surface area contributed by atoms with Gasteiger partial charge >= 0.3 is 0 Å². The van der Waals surface area contributed by atoms with E-state index in [2.05, 4.69) is 68.5 Å². The molecule has 0 spiro atoms. The Balaban J connectivity index is 1.32. The fraction of sp³-hybridized carbons (Fsp3) is 0.480. The van der Waals surface area contributed by atoms with Crippen molar-refractivity contribution in [3.05, 3.63) is 66.1 Å². The number of furan rings is 1. The Labute approximate surface area is 196 Å². The Hall–Kier alpha value is -3.29. The maximum Gasteiger partial charge on any atom is 0.191 e. The summed E-state index contributed by atoms with van der Waals surface area (Å²) >= 11 is 0. The number of hydrogen-bond donors (Lipinski definition) is 2. The van der Waals surface area contributed by atoms with E-state index in [1.807, 2.05) is 18.2 Å². The molecule has 1 aliphatic heterocycles. The van der Waals surface area contributed by atoms with Gasteiger partial charge in [-0.15, -0.1) is 0 Å². The number of fused-ring (bicyclic) bond motifs is 1. The third-order valence-corrected chi connectivity index (χ3v) is 5.92. The van der Waals surface area contributed by atoms with E-state index in [1.165, 1.54) is 5.69 Å². The lowest BCUT2D eigenvalue weighted by Crippen LogP contribution is -2.47. The Kier molecular flexibility index (Phi) is 8.00. The fourth-order valence-corrected chi connectivity index (χ4v) is 4.04. The van der Waals surface area contributed by atoms with Gasteiger partial charge in [0, 0.05) is 57.7 Å². The van der Waals surface area contributed by atoms with Gasteiger partial charge in [0.25, 0.3) is 0 Å². The molecule has 8 nitrogen and oxygen atoms in total. The largest absolute Gasteiger partial charge is 0.469 e. The highest BCUT2D eigenvalue weighted by Gasteiger charge is 2.22. The zero-order valence-electron chi connectivity index (χ0n) is 19.7. The van der Waals surface area contributed by atoms with Crippen LogP contribution in [-0.2, 0) is 25.8 Å². The average molecular weight is 450 g/mol. The van der Waals surface area contributed by atoms with E-state index < -0.39 is 0 Å². The monoisotopic (exact) mass is 449 g/mol. The zero-order chi connectivity index (χ0) is 22.9. The van der Waals surface area contributed by atoms with Crippen LogP contribution in [0.15, 0.2) is 58.1 Å². The number of aromatic nitrogens is 3. The topological polar surface area (TPSA) is 83.5 Å². The fourth-order valence-electron chi connectivity index (χ4n) is 4.04. The zero-order valence-corrected chi connectivity index (χ0v) is 19.7. The summed E-state index contributed by atoms with van der Waals surface area (Å²) in [5.41, 5.74) is 1.23. The highest BCUT2D eigenvalue weighted by Crippen LogP contribution is 2.14. The molecule has 8 heteroatoms. The average Bonchev–Trinajstić information content (AvgIpc) is 3.51. The number of aryl methyl sites for hydroxylation is 2. The van der Waals surface area contributed by atoms with Gasteiger partial charge in [0.1, 0.15) is 11.6 Å². The molecule has 3 heterocycles. The highest BCUT2D eigenvalue weighted by atomic mass is 16.3. The predicted octanol–water partition coefficient (Wildman–Crippen LogP) is 3.05. The molecule has 1 aromatic carbocycles. The Morgan fingerprint density at radius 1 is 1.24 bits per heavy atom. The van der Waals surface area contributed by atoms with Crippen LogP contribution < -0.4 is 15.5 Å². The van der Waals surface area contributed by atoms with Crippen LogP contribution >= 0.6 is 0 Å². The van der Waals surface area contributed by atoms with Crippen LogP contribution in [-0.4, -0.2) is 53.4 Å². The molecule has 0 amide bonds. The minimum absolute atomic E-state index is 0.283. The number of aliphatic imine (C=N–C) groups is 1. The summed E-state index contributed by atoms with van der Waals surface area (Å²) in [6.07, 6.45) is 6.35. The molecular formula is C25H35N7O. The molecule has 2 aromatic heterocycles. The van der Waals surface area contributed by atoms with Crippen molar-refractivity contribution < 1.29 is 4.42 Å². The second-order valence-corrected chi connectivity index (χ2v) is 8.46. The lowest BCUT2D eigenvalue weighted by atomic mass is 10.1. The van der Waals surface area contributed by atoms with Crippen molar-refractivity contribution in [1.82, 2.24) is 25.4 Å². The number of nitrogens with zero attached hydrogens (tertiary/aromatic N) is 5. The van der Waals surface area contributed by atoms with Gasteiger partial charge < -0.3 is 20.0 Å². The molecule has 1 atom stereocenters. The standard InChI is InChI=1S/C25H35N7O/c1-3-23-29-24-13-12-20(19-32(24)30-23)28-25(27-16-14-22-11-7-18-33-22)26-15-8-17-31(2)21-9-5-4-6-10-21/h4-7,9-11,18,20H,3,8,12-17,19H2,1-2H3,(H2,26,27,28). The first kappa shape index (κ1) is 22.9. The number of para-hydroxylation sites is 1. The molecule has 0 bridgehead atoms. The van der Waals surface area contributed by atoms with Crippen LogP contribution in [0.3, 0.4) is 0 Å². The predicted molar refractivity (Wildman–Crippen MR) is 132 cm³/mol. The van der Waals surface area contributed by atoms with Gasteiger partial charge in [-0.2, -0.15) is 5.10 Å². The summed E-state index contributed by atoms with van der Waals surface area (Å²) in [5, 5.41) is 11.7. The summed E-state index contributed by atoms with van der Waals surface area (Å²) in [7, 11) is 2.13. The third-order valence-electron chi connectivity index (χ3n) is 5.92. The van der Waals surface area contributed by atoms with Crippen molar-refractivity contribution in [2.75, 3.05) is 31.6 Å². The molecule has 33 heavy (non-hydrogen) atoms. The molecule has 2 N–H and O–H groups in total. The van der Waals surface area contributed by atoms with Crippen molar-refractivity contribution in [2.45, 2.75) is 51.6 Å². The van der Waals surface area contributed by atoms with Crippen LogP contribution in [0.25, 0.3) is 0 Å². The van der Waals surface area contributed by atoms with E-state index in [0.29, 0.717) is 0 Å². The van der Waals surface area contributed by atoms with E-state index in [0.717, 1.165) is 81.7 Å². The quantitative estimate of drug-likeness (QED) is 0.281. The molecule has 176 valence electrons. The molecule has 0 fully saturated rings. The van der Waals surface area contributed by atoms with Crippen molar-refractivity contribution in [3.8, 4) is 0 Å². The molecule has 0 aliphatic carbocycles. The van der Waals surface area contributed by atoms with E-state index in [4.69, 9.17) is 9.41 Å². The summed E-state index contributed by atoms with van der Waals surface area (Å²) in [5.74, 6) is 3.85. The molecule has 0 saturated heterocycles. The Bertz CT molecular complexity index is 997. The van der Waals surface area contributed by atoms with Gasteiger partial charge in [-0.1, -0.05) is 25.1 Å². The Morgan fingerprint density at radius 3 is 2.91 bits per heavy atom. The SMILES string of the molecule is CCc1nc2n(n1)CC(NC(=NCCCN(C)c1ccccc1)NCCc1ccco1)CC2. The number of anilines is 1. The molecule has 0 radical (unpaired) electrons. The van der Waals surface area contributed by atoms with Gasteiger partial charge in [-0.05, 0) is 37.1 Å². The van der Waals surface area contributed by atoms with Gasteiger partial charge in [-0.25, -0.2) is 9.67 Å². The third kappa shape index (κ3) is 6.60. The minimum atomic E-state index is 0.283. The van der Waals surface area contributed by atoms with Gasteiger partial charge in [0.05, 0.1) is 12.8 Å². The number of nitrogens with one attached hydrogen (secondary N) is 2. The summed E-state index contributed by atoms with van der Waals surface area (Å²) in [6.45, 7) is 5.40. The molecule has 4 rings (SSSR count). The first-order chi connectivity index (χ1) is 16.2. The lowest BCUT2D eigenvalue weighted by molar-refractivity contribution is 0.391. The highest BCUT2D eigenvalue weighted by molar-refractivity contribution is 5.80. The van der Waals surface area contributed by atoms with E-state index >= 15 is 0 Å². The van der Waals surface area contributed by atoms with Crippen molar-refractivity contribution in [3.63, 3.8) is 0 Å². The normalized spacial score (nSPS) is 15.8. The number of benzene rings is 1.